The number of nitrogens with one attached hydrogen (secondary N) is 2. The largest absolute Gasteiger partial charge is 0.378 e. The van der Waals surface area contributed by atoms with Crippen molar-refractivity contribution in [1.29, 1.82) is 0 Å². The first-order valence-corrected chi connectivity index (χ1v) is 13.0. The number of benzene rings is 3. The molecule has 0 bridgehead atoms. The molecule has 2 atom stereocenters. The van der Waals surface area contributed by atoms with Gasteiger partial charge in [-0.05, 0) is 73.7 Å². The summed E-state index contributed by atoms with van der Waals surface area (Å²) in [6.45, 7) is 6.29. The van der Waals surface area contributed by atoms with E-state index in [1.54, 1.807) is 0 Å². The third-order valence-corrected chi connectivity index (χ3v) is 7.54. The normalized spacial score (nSPS) is 18.9. The van der Waals surface area contributed by atoms with E-state index in [9.17, 15) is 4.79 Å². The second-order valence-electron chi connectivity index (χ2n) is 9.92. The van der Waals surface area contributed by atoms with Crippen LogP contribution in [-0.4, -0.2) is 33.0 Å². The summed E-state index contributed by atoms with van der Waals surface area (Å²) in [5.74, 6) is 0.375. The molecular weight excluding hydrogens is 444 g/mol. The van der Waals surface area contributed by atoms with Crippen LogP contribution in [0.2, 0.25) is 0 Å². The van der Waals surface area contributed by atoms with E-state index in [1.165, 1.54) is 16.9 Å². The molecule has 2 unspecified atom stereocenters. The average Bonchev–Trinajstić information content (AvgIpc) is 3.07. The Morgan fingerprint density at radius 1 is 0.778 bits per heavy atom. The number of anilines is 4. The second kappa shape index (κ2) is 10.1. The van der Waals surface area contributed by atoms with Crippen LogP contribution in [0.5, 0.6) is 0 Å². The fraction of sp³-hybridized carbons (Fsp3) is 0.323. The number of Topliss-reactive ketones (excluding diaryl/α,β-unsaturated/α-hetero) is 1. The third-order valence-electron chi connectivity index (χ3n) is 7.54. The third kappa shape index (κ3) is 4.58. The quantitative estimate of drug-likeness (QED) is 0.417. The van der Waals surface area contributed by atoms with E-state index in [0.717, 1.165) is 47.7 Å². The number of nitrogens with zero attached hydrogens (tertiary/aromatic N) is 2. The molecule has 0 saturated heterocycles. The predicted octanol–water partition coefficient (Wildman–Crippen LogP) is 6.58. The standard InChI is InChI=1S/C31H36N4O/c1-5-35(6-2)25-17-13-22(14-18-25)31-30-28(32-26-9-7-8-10-27(26)33-31)19-23(20-29(30)36)21-11-15-24(16-12-21)34(3)4/h7-18,23,31-33H,5-6,19-20H2,1-4H3. The van der Waals surface area contributed by atoms with Crippen molar-refractivity contribution in [2.45, 2.75) is 38.6 Å². The molecule has 3 aromatic rings. The van der Waals surface area contributed by atoms with Gasteiger partial charge in [-0.25, -0.2) is 0 Å². The molecule has 36 heavy (non-hydrogen) atoms. The van der Waals surface area contributed by atoms with Crippen LogP contribution in [0.25, 0.3) is 0 Å². The molecule has 1 aliphatic carbocycles. The van der Waals surface area contributed by atoms with Crippen LogP contribution >= 0.6 is 0 Å². The molecule has 0 spiro atoms. The van der Waals surface area contributed by atoms with Gasteiger partial charge < -0.3 is 20.4 Å². The van der Waals surface area contributed by atoms with Crippen molar-refractivity contribution in [3.8, 4) is 0 Å². The van der Waals surface area contributed by atoms with Crippen molar-refractivity contribution >= 4 is 28.5 Å². The fourth-order valence-electron chi connectivity index (χ4n) is 5.49. The molecule has 2 N–H and O–H groups in total. The Morgan fingerprint density at radius 3 is 2.03 bits per heavy atom. The molecule has 5 nitrogen and oxygen atoms in total. The molecule has 5 rings (SSSR count). The average molecular weight is 481 g/mol. The summed E-state index contributed by atoms with van der Waals surface area (Å²) in [6.07, 6.45) is 1.33. The highest BCUT2D eigenvalue weighted by Crippen LogP contribution is 2.44. The predicted molar refractivity (Wildman–Crippen MR) is 151 cm³/mol. The first kappa shape index (κ1) is 24.0. The van der Waals surface area contributed by atoms with Crippen LogP contribution in [0, 0.1) is 0 Å². The molecule has 1 aliphatic heterocycles. The molecule has 5 heteroatoms. The molecule has 0 saturated carbocycles. The minimum Gasteiger partial charge on any atom is -0.378 e. The lowest BCUT2D eigenvalue weighted by Crippen LogP contribution is -2.27. The van der Waals surface area contributed by atoms with Crippen molar-refractivity contribution in [1.82, 2.24) is 0 Å². The maximum absolute atomic E-state index is 13.8. The SMILES string of the molecule is CCN(CC)c1ccc(C2Nc3ccccc3NC3=C2C(=O)CC(c2ccc(N(C)C)cc2)C3)cc1. The van der Waals surface area contributed by atoms with Crippen LogP contribution in [-0.2, 0) is 4.79 Å². The van der Waals surface area contributed by atoms with E-state index >= 15 is 0 Å². The molecule has 0 radical (unpaired) electrons. The van der Waals surface area contributed by atoms with Crippen LogP contribution in [0.1, 0.15) is 49.8 Å². The highest BCUT2D eigenvalue weighted by molar-refractivity contribution is 6.01. The summed E-state index contributed by atoms with van der Waals surface area (Å²) >= 11 is 0. The zero-order chi connectivity index (χ0) is 25.2. The Bertz CT molecular complexity index is 1260. The molecule has 3 aromatic carbocycles. The van der Waals surface area contributed by atoms with Gasteiger partial charge in [-0.2, -0.15) is 0 Å². The molecule has 186 valence electrons. The van der Waals surface area contributed by atoms with Gasteiger partial charge in [-0.3, -0.25) is 4.79 Å². The summed E-state index contributed by atoms with van der Waals surface area (Å²) in [5.41, 5.74) is 8.63. The smallest absolute Gasteiger partial charge is 0.163 e. The van der Waals surface area contributed by atoms with E-state index < -0.39 is 0 Å². The van der Waals surface area contributed by atoms with Crippen molar-refractivity contribution in [3.05, 3.63) is 95.2 Å². The summed E-state index contributed by atoms with van der Waals surface area (Å²) in [7, 11) is 4.09. The number of fused-ring (bicyclic) bond motifs is 1. The van der Waals surface area contributed by atoms with Crippen molar-refractivity contribution in [3.63, 3.8) is 0 Å². The number of hydrogen-bond donors (Lipinski definition) is 2. The van der Waals surface area contributed by atoms with Gasteiger partial charge >= 0.3 is 0 Å². The number of carbonyl (C=O) groups excluding carboxylic acids is 1. The van der Waals surface area contributed by atoms with Gasteiger partial charge in [0, 0.05) is 56.3 Å². The minimum atomic E-state index is -0.188. The van der Waals surface area contributed by atoms with Gasteiger partial charge in [0.2, 0.25) is 0 Å². The van der Waals surface area contributed by atoms with E-state index in [2.05, 4.69) is 94.9 Å². The number of para-hydroxylation sites is 2. The topological polar surface area (TPSA) is 47.6 Å². The van der Waals surface area contributed by atoms with Gasteiger partial charge in [-0.1, -0.05) is 36.4 Å². The second-order valence-corrected chi connectivity index (χ2v) is 9.92. The van der Waals surface area contributed by atoms with Gasteiger partial charge in [-0.15, -0.1) is 0 Å². The molecule has 0 aromatic heterocycles. The zero-order valence-corrected chi connectivity index (χ0v) is 21.7. The number of carbonyl (C=O) groups is 1. The van der Waals surface area contributed by atoms with Gasteiger partial charge in [0.1, 0.15) is 0 Å². The van der Waals surface area contributed by atoms with Crippen molar-refractivity contribution < 1.29 is 4.79 Å². The highest BCUT2D eigenvalue weighted by Gasteiger charge is 2.36. The molecule has 0 fully saturated rings. The number of ketones is 1. The van der Waals surface area contributed by atoms with Gasteiger partial charge in [0.05, 0.1) is 17.4 Å². The first-order valence-electron chi connectivity index (χ1n) is 13.0. The maximum atomic E-state index is 13.8. The lowest BCUT2D eigenvalue weighted by molar-refractivity contribution is -0.116. The molecule has 2 aliphatic rings. The van der Waals surface area contributed by atoms with Crippen LogP contribution in [0.15, 0.2) is 84.1 Å². The summed E-state index contributed by atoms with van der Waals surface area (Å²) in [5, 5.41) is 7.34. The zero-order valence-electron chi connectivity index (χ0n) is 21.7. The lowest BCUT2D eigenvalue weighted by Gasteiger charge is -2.30. The summed E-state index contributed by atoms with van der Waals surface area (Å²) < 4.78 is 0. The van der Waals surface area contributed by atoms with E-state index in [4.69, 9.17) is 0 Å². The summed E-state index contributed by atoms with van der Waals surface area (Å²) in [6, 6.07) is 25.4. The lowest BCUT2D eigenvalue weighted by atomic mass is 9.78. The van der Waals surface area contributed by atoms with Crippen molar-refractivity contribution in [2.24, 2.45) is 0 Å². The molecule has 0 amide bonds. The molecular formula is C31H36N4O. The summed E-state index contributed by atoms with van der Waals surface area (Å²) in [4.78, 5) is 18.2. The van der Waals surface area contributed by atoms with Gasteiger partial charge in [0.15, 0.2) is 5.78 Å². The van der Waals surface area contributed by atoms with Gasteiger partial charge in [0.25, 0.3) is 0 Å². The Labute approximate surface area is 214 Å². The maximum Gasteiger partial charge on any atom is 0.163 e. The monoisotopic (exact) mass is 480 g/mol. The Balaban J connectivity index is 1.52. The number of rotatable bonds is 6. The van der Waals surface area contributed by atoms with Crippen molar-refractivity contribution in [2.75, 3.05) is 47.6 Å². The number of allylic oxidation sites excluding steroid dienone is 1. The van der Waals surface area contributed by atoms with E-state index in [-0.39, 0.29) is 17.7 Å². The fourth-order valence-corrected chi connectivity index (χ4v) is 5.49. The minimum absolute atomic E-state index is 0.163. The van der Waals surface area contributed by atoms with Crippen LogP contribution in [0.4, 0.5) is 22.7 Å². The van der Waals surface area contributed by atoms with Crippen LogP contribution < -0.4 is 20.4 Å². The Kier molecular flexibility index (Phi) is 6.73. The first-order chi connectivity index (χ1) is 17.5. The van der Waals surface area contributed by atoms with Crippen LogP contribution in [0.3, 0.4) is 0 Å². The van der Waals surface area contributed by atoms with E-state index in [0.29, 0.717) is 6.42 Å². The number of hydrogen-bond acceptors (Lipinski definition) is 5. The Hall–Kier alpha value is -3.73. The highest BCUT2D eigenvalue weighted by atomic mass is 16.1. The van der Waals surface area contributed by atoms with E-state index in [1.807, 2.05) is 26.2 Å². The Morgan fingerprint density at radius 2 is 1.39 bits per heavy atom. The molecule has 1 heterocycles.